The van der Waals surface area contributed by atoms with Gasteiger partial charge in [-0.1, -0.05) is 34.1 Å². The number of rotatable bonds is 13. The topological polar surface area (TPSA) is 75.7 Å². The lowest BCUT2D eigenvalue weighted by molar-refractivity contribution is -0.0582. The number of alkyl halides is 3. The van der Waals surface area contributed by atoms with Gasteiger partial charge in [0.15, 0.2) is 11.5 Å². The first-order valence-corrected chi connectivity index (χ1v) is 15.0. The van der Waals surface area contributed by atoms with E-state index in [1.54, 1.807) is 6.08 Å². The molecule has 0 bridgehead atoms. The van der Waals surface area contributed by atoms with Crippen molar-refractivity contribution < 1.29 is 13.2 Å². The molecule has 3 heterocycles. The molecule has 0 aromatic carbocycles. The number of aryl methyl sites for hydroxylation is 1. The summed E-state index contributed by atoms with van der Waals surface area (Å²) in [6.45, 7) is 15.5. The molecule has 1 N–H and O–H groups in total. The lowest BCUT2D eigenvalue weighted by atomic mass is 9.83. The molecule has 8 nitrogen and oxygen atoms in total. The molecule has 2 aliphatic rings. The van der Waals surface area contributed by atoms with Crippen molar-refractivity contribution in [2.45, 2.75) is 84.5 Å². The number of piperazine rings is 1. The molecule has 0 saturated carbocycles. The van der Waals surface area contributed by atoms with Gasteiger partial charge in [0, 0.05) is 64.3 Å². The number of nitriles is 1. The van der Waals surface area contributed by atoms with Crippen LogP contribution >= 0.6 is 0 Å². The van der Waals surface area contributed by atoms with Crippen molar-refractivity contribution >= 4 is 11.5 Å². The Morgan fingerprint density at radius 1 is 1.15 bits per heavy atom. The van der Waals surface area contributed by atoms with Crippen LogP contribution in [-0.2, 0) is 0 Å². The van der Waals surface area contributed by atoms with Crippen molar-refractivity contribution in [1.82, 2.24) is 24.9 Å². The number of hydrogen-bond acceptors (Lipinski definition) is 7. The highest BCUT2D eigenvalue weighted by atomic mass is 19.4. The first-order valence-electron chi connectivity index (χ1n) is 15.0. The standard InChI is InChI=1S/C30H47F3N8/c1-7-12-29(36-13-8-2)21-40(22-29)26(25(19-34)27(35-6)30(31,32)33)11-14-38-15-17-39(18-16-38)28-23(5)20-41(37-28)24(9-3)10-4/h11,14,20,24,36H,7-10,12-13,15-18,21-22H2,1-6H3/b14-11+,26-25+,35-27?. The summed E-state index contributed by atoms with van der Waals surface area (Å²) in [5, 5.41) is 18.4. The van der Waals surface area contributed by atoms with Gasteiger partial charge in [0.05, 0.1) is 17.3 Å². The van der Waals surface area contributed by atoms with Gasteiger partial charge in [0.1, 0.15) is 11.6 Å². The zero-order valence-electron chi connectivity index (χ0n) is 25.6. The molecule has 0 atom stereocenters. The molecular weight excluding hydrogens is 529 g/mol. The first kappa shape index (κ1) is 32.5. The molecule has 41 heavy (non-hydrogen) atoms. The molecule has 2 saturated heterocycles. The largest absolute Gasteiger partial charge is 0.434 e. The van der Waals surface area contributed by atoms with Gasteiger partial charge in [-0.25, -0.2) is 0 Å². The summed E-state index contributed by atoms with van der Waals surface area (Å²) in [6.07, 6.45) is 5.83. The molecule has 11 heteroatoms. The molecule has 2 fully saturated rings. The predicted molar refractivity (Wildman–Crippen MR) is 159 cm³/mol. The summed E-state index contributed by atoms with van der Waals surface area (Å²) < 4.78 is 43.7. The highest BCUT2D eigenvalue weighted by Gasteiger charge is 2.45. The Bertz CT molecular complexity index is 1130. The molecule has 2 aliphatic heterocycles. The van der Waals surface area contributed by atoms with Crippen LogP contribution in [0.15, 0.2) is 34.7 Å². The highest BCUT2D eigenvalue weighted by molar-refractivity contribution is 6.08. The maximum absolute atomic E-state index is 13.9. The third-order valence-corrected chi connectivity index (χ3v) is 8.17. The number of aliphatic imine (C=N–C) groups is 1. The molecule has 0 spiro atoms. The monoisotopic (exact) mass is 576 g/mol. The maximum Gasteiger partial charge on any atom is 0.434 e. The van der Waals surface area contributed by atoms with Gasteiger partial charge in [0.2, 0.25) is 0 Å². The second kappa shape index (κ2) is 14.3. The minimum Gasteiger partial charge on any atom is -0.374 e. The zero-order valence-corrected chi connectivity index (χ0v) is 25.6. The van der Waals surface area contributed by atoms with Crippen LogP contribution in [0.1, 0.15) is 71.4 Å². The zero-order chi connectivity index (χ0) is 30.2. The minimum absolute atomic E-state index is 0.159. The van der Waals surface area contributed by atoms with Crippen molar-refractivity contribution in [3.63, 3.8) is 0 Å². The molecule has 0 aliphatic carbocycles. The Balaban J connectivity index is 1.81. The van der Waals surface area contributed by atoms with Crippen LogP contribution in [0.2, 0.25) is 0 Å². The maximum atomic E-state index is 13.9. The number of halogens is 3. The SMILES string of the molecule is CCCNC1(CCC)CN(C(/C=C/N2CCN(c3nn(C(CC)CC)cc3C)CC2)=C(\C#N)C(=NC)C(F)(F)F)C1. The van der Waals surface area contributed by atoms with E-state index < -0.39 is 17.5 Å². The number of aromatic nitrogens is 2. The number of nitrogens with one attached hydrogen (secondary N) is 1. The Kier molecular flexibility index (Phi) is 11.3. The van der Waals surface area contributed by atoms with E-state index in [-0.39, 0.29) is 11.2 Å². The summed E-state index contributed by atoms with van der Waals surface area (Å²) in [4.78, 5) is 9.75. The third-order valence-electron chi connectivity index (χ3n) is 8.17. The van der Waals surface area contributed by atoms with E-state index in [9.17, 15) is 18.4 Å². The van der Waals surface area contributed by atoms with E-state index in [0.717, 1.165) is 70.2 Å². The van der Waals surface area contributed by atoms with Crippen molar-refractivity contribution in [3.05, 3.63) is 35.3 Å². The summed E-state index contributed by atoms with van der Waals surface area (Å²) >= 11 is 0. The number of anilines is 1. The third kappa shape index (κ3) is 7.64. The van der Waals surface area contributed by atoms with E-state index in [4.69, 9.17) is 5.10 Å². The van der Waals surface area contributed by atoms with Crippen LogP contribution in [0.3, 0.4) is 0 Å². The molecular formula is C30H47F3N8. The fourth-order valence-corrected chi connectivity index (χ4v) is 5.94. The molecule has 1 aromatic heterocycles. The van der Waals surface area contributed by atoms with E-state index in [1.165, 1.54) is 0 Å². The lowest BCUT2D eigenvalue weighted by Gasteiger charge is -2.53. The fourth-order valence-electron chi connectivity index (χ4n) is 5.94. The van der Waals surface area contributed by atoms with Crippen molar-refractivity contribution in [2.75, 3.05) is 57.8 Å². The summed E-state index contributed by atoms with van der Waals surface area (Å²) in [7, 11) is 1.09. The van der Waals surface area contributed by atoms with Gasteiger partial charge in [-0.3, -0.25) is 9.67 Å². The van der Waals surface area contributed by atoms with E-state index >= 15 is 0 Å². The van der Waals surface area contributed by atoms with E-state index in [0.29, 0.717) is 32.2 Å². The Labute approximate surface area is 243 Å². The molecule has 0 amide bonds. The first-order chi connectivity index (χ1) is 19.6. The fraction of sp³-hybridized carbons (Fsp3) is 0.700. The normalized spacial score (nSPS) is 18.7. The quantitative estimate of drug-likeness (QED) is 0.191. The Morgan fingerprint density at radius 2 is 1.80 bits per heavy atom. The summed E-state index contributed by atoms with van der Waals surface area (Å²) in [6, 6.07) is 2.22. The molecule has 228 valence electrons. The summed E-state index contributed by atoms with van der Waals surface area (Å²) in [5.74, 6) is 0.995. The second-order valence-corrected chi connectivity index (χ2v) is 11.2. The average Bonchev–Trinajstić information content (AvgIpc) is 3.31. The van der Waals surface area contributed by atoms with E-state index in [2.05, 4.69) is 65.6 Å². The van der Waals surface area contributed by atoms with Crippen molar-refractivity contribution in [3.8, 4) is 6.07 Å². The van der Waals surface area contributed by atoms with Crippen LogP contribution < -0.4 is 10.2 Å². The number of hydrogen-bond donors (Lipinski definition) is 1. The van der Waals surface area contributed by atoms with Gasteiger partial charge in [0.25, 0.3) is 0 Å². The van der Waals surface area contributed by atoms with Crippen LogP contribution in [0, 0.1) is 18.3 Å². The van der Waals surface area contributed by atoms with Gasteiger partial charge in [-0.2, -0.15) is 23.5 Å². The highest BCUT2D eigenvalue weighted by Crippen LogP contribution is 2.34. The average molecular weight is 577 g/mol. The number of nitrogens with zero attached hydrogens (tertiary/aromatic N) is 7. The van der Waals surface area contributed by atoms with Crippen LogP contribution in [-0.4, -0.2) is 89.9 Å². The number of likely N-dealkylation sites (tertiary alicyclic amines) is 1. The van der Waals surface area contributed by atoms with Gasteiger partial charge in [-0.15, -0.1) is 0 Å². The Hall–Kier alpha value is -3.00. The van der Waals surface area contributed by atoms with Crippen molar-refractivity contribution in [2.24, 2.45) is 4.99 Å². The smallest absolute Gasteiger partial charge is 0.374 e. The predicted octanol–water partition coefficient (Wildman–Crippen LogP) is 5.45. The van der Waals surface area contributed by atoms with Crippen molar-refractivity contribution in [1.29, 1.82) is 5.26 Å². The van der Waals surface area contributed by atoms with Crippen LogP contribution in [0.25, 0.3) is 0 Å². The van der Waals surface area contributed by atoms with Gasteiger partial charge >= 0.3 is 6.18 Å². The number of allylic oxidation sites excluding steroid dienone is 2. The van der Waals surface area contributed by atoms with Gasteiger partial charge in [-0.05, 0) is 45.2 Å². The summed E-state index contributed by atoms with van der Waals surface area (Å²) in [5.41, 5.74) is -0.306. The van der Waals surface area contributed by atoms with Crippen LogP contribution in [0.4, 0.5) is 19.0 Å². The molecule has 3 rings (SSSR count). The lowest BCUT2D eigenvalue weighted by Crippen LogP contribution is -2.68. The Morgan fingerprint density at radius 3 is 2.32 bits per heavy atom. The second-order valence-electron chi connectivity index (χ2n) is 11.2. The molecule has 1 aromatic rings. The van der Waals surface area contributed by atoms with Crippen LogP contribution in [0.5, 0.6) is 0 Å². The minimum atomic E-state index is -4.72. The van der Waals surface area contributed by atoms with E-state index in [1.807, 2.05) is 17.2 Å². The molecule has 0 unspecified atom stereocenters. The van der Waals surface area contributed by atoms with Gasteiger partial charge < -0.3 is 20.0 Å². The molecule has 0 radical (unpaired) electrons.